The first-order valence-corrected chi connectivity index (χ1v) is 15.4. The van der Waals surface area contributed by atoms with Gasteiger partial charge in [0.25, 0.3) is 11.8 Å². The Labute approximate surface area is 260 Å². The molecular formula is C33H28FN5O5S. The molecule has 0 radical (unpaired) electrons. The minimum atomic E-state index is -0.739. The van der Waals surface area contributed by atoms with Crippen LogP contribution in [0.3, 0.4) is 0 Å². The highest BCUT2D eigenvalue weighted by Gasteiger charge is 2.44. The van der Waals surface area contributed by atoms with Crippen molar-refractivity contribution in [2.75, 3.05) is 13.7 Å². The molecule has 0 saturated carbocycles. The van der Waals surface area contributed by atoms with Crippen LogP contribution >= 0.6 is 11.3 Å². The van der Waals surface area contributed by atoms with E-state index in [1.807, 2.05) is 35.2 Å². The number of aromatic amines is 1. The average molecular weight is 626 g/mol. The van der Waals surface area contributed by atoms with E-state index in [4.69, 9.17) is 14.2 Å². The predicted molar refractivity (Wildman–Crippen MR) is 165 cm³/mol. The van der Waals surface area contributed by atoms with Gasteiger partial charge < -0.3 is 15.0 Å². The number of fused-ring (bicyclic) bond motifs is 3. The molecular weight excluding hydrogens is 597 g/mol. The third-order valence-corrected chi connectivity index (χ3v) is 9.35. The SMILES string of the molecule is COc1cccc(CNC(=O)c2ccc(-c3c4c(nc(CCc5ccc(F)cc5)c3-c3noc(=O)[nH]3)[C@H]3CCCN3C4=O)s2)c1. The van der Waals surface area contributed by atoms with E-state index in [2.05, 4.69) is 15.5 Å². The molecule has 12 heteroatoms. The van der Waals surface area contributed by atoms with E-state index in [-0.39, 0.29) is 29.5 Å². The molecule has 228 valence electrons. The third-order valence-electron chi connectivity index (χ3n) is 8.25. The topological polar surface area (TPSA) is 130 Å². The first kappa shape index (κ1) is 28.7. The van der Waals surface area contributed by atoms with Crippen molar-refractivity contribution in [1.29, 1.82) is 0 Å². The third kappa shape index (κ3) is 5.42. The second-order valence-corrected chi connectivity index (χ2v) is 12.1. The first-order chi connectivity index (χ1) is 21.9. The van der Waals surface area contributed by atoms with Gasteiger partial charge in [0.05, 0.1) is 40.5 Å². The fourth-order valence-corrected chi connectivity index (χ4v) is 7.11. The number of hydrogen-bond donors (Lipinski definition) is 2. The number of pyridine rings is 1. The van der Waals surface area contributed by atoms with Crippen molar-refractivity contribution in [2.24, 2.45) is 0 Å². The fourth-order valence-electron chi connectivity index (χ4n) is 6.13. The van der Waals surface area contributed by atoms with Gasteiger partial charge in [-0.25, -0.2) is 9.18 Å². The number of carbonyl (C=O) groups is 2. The minimum absolute atomic E-state index is 0.135. The number of ether oxygens (including phenoxy) is 1. The lowest BCUT2D eigenvalue weighted by molar-refractivity contribution is 0.0776. The lowest BCUT2D eigenvalue weighted by Crippen LogP contribution is -2.23. The van der Waals surface area contributed by atoms with Gasteiger partial charge in [0.15, 0.2) is 5.82 Å². The maximum atomic E-state index is 13.9. The Balaban J connectivity index is 1.31. The van der Waals surface area contributed by atoms with Gasteiger partial charge >= 0.3 is 5.76 Å². The number of carbonyl (C=O) groups excluding carboxylic acids is 2. The van der Waals surface area contributed by atoms with Crippen molar-refractivity contribution in [3.8, 4) is 27.6 Å². The summed E-state index contributed by atoms with van der Waals surface area (Å²) in [7, 11) is 1.59. The molecule has 1 saturated heterocycles. The largest absolute Gasteiger partial charge is 0.497 e. The summed E-state index contributed by atoms with van der Waals surface area (Å²) in [5.41, 5.74) is 4.60. The number of rotatable bonds is 9. The first-order valence-electron chi connectivity index (χ1n) is 14.6. The highest BCUT2D eigenvalue weighted by atomic mass is 32.1. The molecule has 1 atom stereocenters. The van der Waals surface area contributed by atoms with E-state index in [1.54, 1.807) is 25.3 Å². The molecule has 7 rings (SSSR count). The summed E-state index contributed by atoms with van der Waals surface area (Å²) in [5.74, 6) is -0.610. The quantitative estimate of drug-likeness (QED) is 0.227. The number of hydrogen-bond acceptors (Lipinski definition) is 8. The highest BCUT2D eigenvalue weighted by Crippen LogP contribution is 2.48. The summed E-state index contributed by atoms with van der Waals surface area (Å²) in [6.45, 7) is 0.935. The van der Waals surface area contributed by atoms with Crippen LogP contribution in [-0.4, -0.2) is 45.5 Å². The van der Waals surface area contributed by atoms with Crippen LogP contribution in [0.2, 0.25) is 0 Å². The number of aromatic nitrogens is 3. The number of benzene rings is 2. The summed E-state index contributed by atoms with van der Waals surface area (Å²) in [6.07, 6.45) is 2.64. The van der Waals surface area contributed by atoms with Gasteiger partial charge in [0.1, 0.15) is 11.6 Å². The zero-order valence-corrected chi connectivity index (χ0v) is 25.1. The van der Waals surface area contributed by atoms with Crippen LogP contribution in [0.15, 0.2) is 70.0 Å². The van der Waals surface area contributed by atoms with Crippen LogP contribution in [0.4, 0.5) is 4.39 Å². The molecule has 5 aromatic rings. The second kappa shape index (κ2) is 11.8. The number of methoxy groups -OCH3 is 1. The van der Waals surface area contributed by atoms with Crippen molar-refractivity contribution in [2.45, 2.75) is 38.3 Å². The van der Waals surface area contributed by atoms with Gasteiger partial charge in [-0.3, -0.25) is 24.1 Å². The summed E-state index contributed by atoms with van der Waals surface area (Å²) in [4.78, 5) is 49.9. The number of amides is 2. The Kier molecular flexibility index (Phi) is 7.50. The van der Waals surface area contributed by atoms with Crippen molar-refractivity contribution >= 4 is 23.2 Å². The molecule has 0 aliphatic carbocycles. The van der Waals surface area contributed by atoms with Crippen LogP contribution < -0.4 is 15.8 Å². The van der Waals surface area contributed by atoms with E-state index >= 15 is 0 Å². The van der Waals surface area contributed by atoms with Crippen LogP contribution in [0.5, 0.6) is 5.75 Å². The second-order valence-electron chi connectivity index (χ2n) is 11.0. The van der Waals surface area contributed by atoms with E-state index in [0.29, 0.717) is 69.5 Å². The Morgan fingerprint density at radius 1 is 1.09 bits per heavy atom. The summed E-state index contributed by atoms with van der Waals surface area (Å²) < 4.78 is 23.8. The molecule has 2 aliphatic rings. The summed E-state index contributed by atoms with van der Waals surface area (Å²) >= 11 is 1.25. The highest BCUT2D eigenvalue weighted by molar-refractivity contribution is 7.17. The molecule has 0 spiro atoms. The Morgan fingerprint density at radius 3 is 2.71 bits per heavy atom. The standard InChI is InChI=1S/C33H28FN5O5S/c1-43-21-5-2-4-19(16-21)17-35-31(40)25-14-13-24(45-25)27-26(30-37-33(42)44-38-30)22(12-9-18-7-10-20(34)11-8-18)36-29-23-6-3-15-39(23)32(41)28(27)29/h2,4-5,7-8,10-11,13-14,16,23H,3,6,9,12,15,17H2,1H3,(H,35,40)(H,37,38,42)/t23-/m1/s1. The van der Waals surface area contributed by atoms with Gasteiger partial charge in [0.2, 0.25) is 0 Å². The van der Waals surface area contributed by atoms with Crippen molar-refractivity contribution in [3.63, 3.8) is 0 Å². The van der Waals surface area contributed by atoms with Crippen LogP contribution in [0.25, 0.3) is 21.8 Å². The normalized spacial score (nSPS) is 15.3. The minimum Gasteiger partial charge on any atom is -0.497 e. The monoisotopic (exact) mass is 625 g/mol. The van der Waals surface area contributed by atoms with Gasteiger partial charge in [-0.2, -0.15) is 0 Å². The van der Waals surface area contributed by atoms with E-state index < -0.39 is 5.76 Å². The van der Waals surface area contributed by atoms with Gasteiger partial charge in [-0.05, 0) is 73.2 Å². The number of nitrogens with one attached hydrogen (secondary N) is 2. The molecule has 0 bridgehead atoms. The number of thiophene rings is 1. The molecule has 2 aliphatic heterocycles. The molecule has 2 aromatic carbocycles. The molecule has 0 unspecified atom stereocenters. The van der Waals surface area contributed by atoms with E-state index in [0.717, 1.165) is 24.0 Å². The molecule has 2 amide bonds. The van der Waals surface area contributed by atoms with Crippen LogP contribution in [0.1, 0.15) is 61.4 Å². The molecule has 45 heavy (non-hydrogen) atoms. The van der Waals surface area contributed by atoms with Gasteiger partial charge in [-0.1, -0.05) is 29.4 Å². The van der Waals surface area contributed by atoms with Crippen molar-refractivity contribution < 1.29 is 23.2 Å². The number of aryl methyl sites for hydroxylation is 2. The van der Waals surface area contributed by atoms with Crippen molar-refractivity contribution in [1.82, 2.24) is 25.3 Å². The summed E-state index contributed by atoms with van der Waals surface area (Å²) in [6, 6.07) is 17.1. The van der Waals surface area contributed by atoms with Gasteiger partial charge in [-0.15, -0.1) is 11.3 Å². The Bertz CT molecular complexity index is 1980. The number of halogens is 1. The lowest BCUT2D eigenvalue weighted by atomic mass is 9.93. The lowest BCUT2D eigenvalue weighted by Gasteiger charge is -2.16. The Morgan fingerprint density at radius 2 is 1.93 bits per heavy atom. The predicted octanol–water partition coefficient (Wildman–Crippen LogP) is 5.31. The van der Waals surface area contributed by atoms with E-state index in [9.17, 15) is 18.8 Å². The smallest absolute Gasteiger partial charge is 0.439 e. The fraction of sp³-hybridized carbons (Fsp3) is 0.242. The molecule has 1 fully saturated rings. The molecule has 5 heterocycles. The number of nitrogens with zero attached hydrogens (tertiary/aromatic N) is 3. The van der Waals surface area contributed by atoms with E-state index in [1.165, 1.54) is 23.5 Å². The van der Waals surface area contributed by atoms with Crippen LogP contribution in [-0.2, 0) is 19.4 Å². The Hall–Kier alpha value is -5.10. The average Bonchev–Trinajstić information content (AvgIpc) is 3.86. The maximum absolute atomic E-state index is 13.9. The molecule has 2 N–H and O–H groups in total. The van der Waals surface area contributed by atoms with Crippen LogP contribution in [0, 0.1) is 5.82 Å². The number of H-pyrrole nitrogens is 1. The zero-order valence-electron chi connectivity index (χ0n) is 24.3. The van der Waals surface area contributed by atoms with Gasteiger partial charge in [0, 0.05) is 23.5 Å². The molecule has 10 nitrogen and oxygen atoms in total. The molecule has 3 aromatic heterocycles. The summed E-state index contributed by atoms with van der Waals surface area (Å²) in [5, 5.41) is 6.95. The van der Waals surface area contributed by atoms with Crippen molar-refractivity contribution in [3.05, 3.63) is 110 Å². The zero-order chi connectivity index (χ0) is 31.1. The maximum Gasteiger partial charge on any atom is 0.439 e.